The first-order valence-electron chi connectivity index (χ1n) is 6.11. The van der Waals surface area contributed by atoms with Crippen LogP contribution < -0.4 is 0 Å². The highest BCUT2D eigenvalue weighted by Crippen LogP contribution is 2.14. The van der Waals surface area contributed by atoms with Crippen LogP contribution in [0.4, 0.5) is 8.78 Å². The van der Waals surface area contributed by atoms with Gasteiger partial charge in [0.15, 0.2) is 0 Å². The van der Waals surface area contributed by atoms with Crippen LogP contribution in [0.1, 0.15) is 10.4 Å². The van der Waals surface area contributed by atoms with E-state index in [9.17, 15) is 13.6 Å². The molecule has 0 bridgehead atoms. The number of hydrogen-bond acceptors (Lipinski definition) is 2. The van der Waals surface area contributed by atoms with Crippen molar-refractivity contribution in [3.63, 3.8) is 0 Å². The van der Waals surface area contributed by atoms with Gasteiger partial charge in [-0.05, 0) is 24.3 Å². The fraction of sp³-hybridized carbons (Fsp3) is 0.462. The van der Waals surface area contributed by atoms with Gasteiger partial charge in [-0.3, -0.25) is 9.69 Å². The van der Waals surface area contributed by atoms with E-state index in [1.54, 1.807) is 21.9 Å². The number of rotatable bonds is 3. The molecule has 1 aromatic rings. The van der Waals surface area contributed by atoms with Crippen LogP contribution in [0.25, 0.3) is 0 Å². The highest BCUT2D eigenvalue weighted by molar-refractivity contribution is 9.10. The summed E-state index contributed by atoms with van der Waals surface area (Å²) in [4.78, 5) is 15.6. The minimum absolute atomic E-state index is 0.0378. The Morgan fingerprint density at radius 3 is 2.26 bits per heavy atom. The lowest BCUT2D eigenvalue weighted by Gasteiger charge is -2.34. The van der Waals surface area contributed by atoms with Gasteiger partial charge in [0.2, 0.25) is 0 Å². The van der Waals surface area contributed by atoms with Crippen LogP contribution in [0.5, 0.6) is 0 Å². The number of piperazine rings is 1. The molecule has 104 valence electrons. The molecule has 1 saturated heterocycles. The smallest absolute Gasteiger partial charge is 0.253 e. The highest BCUT2D eigenvalue weighted by atomic mass is 79.9. The number of amides is 1. The molecule has 1 aromatic carbocycles. The Morgan fingerprint density at radius 1 is 1.16 bits per heavy atom. The molecule has 1 heterocycles. The molecule has 0 aliphatic carbocycles. The fourth-order valence-corrected chi connectivity index (χ4v) is 2.37. The van der Waals surface area contributed by atoms with Crippen molar-refractivity contribution >= 4 is 21.8 Å². The zero-order valence-electron chi connectivity index (χ0n) is 10.4. The van der Waals surface area contributed by atoms with Crippen molar-refractivity contribution in [2.24, 2.45) is 0 Å². The molecule has 0 atom stereocenters. The van der Waals surface area contributed by atoms with E-state index in [0.29, 0.717) is 31.7 Å². The number of hydrogen-bond donors (Lipinski definition) is 0. The van der Waals surface area contributed by atoms with E-state index in [2.05, 4.69) is 15.9 Å². The number of halogens is 3. The van der Waals surface area contributed by atoms with Crippen molar-refractivity contribution in [1.29, 1.82) is 0 Å². The van der Waals surface area contributed by atoms with E-state index in [-0.39, 0.29) is 12.5 Å². The molecule has 1 aliphatic rings. The average molecular weight is 333 g/mol. The van der Waals surface area contributed by atoms with Crippen molar-refractivity contribution in [2.45, 2.75) is 6.43 Å². The van der Waals surface area contributed by atoms with Crippen molar-refractivity contribution in [2.75, 3.05) is 32.7 Å². The summed E-state index contributed by atoms with van der Waals surface area (Å²) in [6.07, 6.45) is -2.31. The third-order valence-corrected chi connectivity index (χ3v) is 3.68. The van der Waals surface area contributed by atoms with Gasteiger partial charge < -0.3 is 4.90 Å². The number of alkyl halides is 2. The quantitative estimate of drug-likeness (QED) is 0.849. The lowest BCUT2D eigenvalue weighted by atomic mass is 10.2. The Bertz CT molecular complexity index is 431. The maximum atomic E-state index is 12.3. The Kier molecular flexibility index (Phi) is 4.87. The zero-order chi connectivity index (χ0) is 13.8. The largest absolute Gasteiger partial charge is 0.336 e. The highest BCUT2D eigenvalue weighted by Gasteiger charge is 2.23. The molecule has 2 rings (SSSR count). The third-order valence-electron chi connectivity index (χ3n) is 3.15. The predicted octanol–water partition coefficient (Wildman–Crippen LogP) is 2.47. The summed E-state index contributed by atoms with van der Waals surface area (Å²) in [7, 11) is 0. The second-order valence-electron chi connectivity index (χ2n) is 4.49. The van der Waals surface area contributed by atoms with Gasteiger partial charge in [0.05, 0.1) is 6.54 Å². The minimum Gasteiger partial charge on any atom is -0.336 e. The number of carbonyl (C=O) groups excluding carboxylic acids is 1. The van der Waals surface area contributed by atoms with E-state index in [4.69, 9.17) is 0 Å². The van der Waals surface area contributed by atoms with Gasteiger partial charge in [0.1, 0.15) is 0 Å². The molecule has 1 aliphatic heterocycles. The van der Waals surface area contributed by atoms with E-state index in [1.807, 2.05) is 12.1 Å². The molecule has 19 heavy (non-hydrogen) atoms. The van der Waals surface area contributed by atoms with Gasteiger partial charge in [-0.1, -0.05) is 15.9 Å². The van der Waals surface area contributed by atoms with Crippen molar-refractivity contribution in [3.8, 4) is 0 Å². The summed E-state index contributed by atoms with van der Waals surface area (Å²) in [6, 6.07) is 7.16. The van der Waals surface area contributed by atoms with Gasteiger partial charge in [0, 0.05) is 36.2 Å². The second-order valence-corrected chi connectivity index (χ2v) is 5.41. The van der Waals surface area contributed by atoms with Gasteiger partial charge in [-0.25, -0.2) is 8.78 Å². The van der Waals surface area contributed by atoms with Crippen molar-refractivity contribution in [1.82, 2.24) is 9.80 Å². The molecule has 1 amide bonds. The van der Waals surface area contributed by atoms with Gasteiger partial charge in [-0.15, -0.1) is 0 Å². The van der Waals surface area contributed by atoms with E-state index >= 15 is 0 Å². The summed E-state index contributed by atoms with van der Waals surface area (Å²) in [5.41, 5.74) is 0.630. The fourth-order valence-electron chi connectivity index (χ4n) is 2.10. The van der Waals surface area contributed by atoms with Crippen LogP contribution in [-0.2, 0) is 0 Å². The molecule has 0 unspecified atom stereocenters. The van der Waals surface area contributed by atoms with Crippen LogP contribution in [0.3, 0.4) is 0 Å². The Morgan fingerprint density at radius 2 is 1.74 bits per heavy atom. The topological polar surface area (TPSA) is 23.6 Å². The maximum absolute atomic E-state index is 12.3. The molecule has 1 fully saturated rings. The molecule has 3 nitrogen and oxygen atoms in total. The first-order chi connectivity index (χ1) is 9.06. The molecule has 0 aromatic heterocycles. The zero-order valence-corrected chi connectivity index (χ0v) is 11.9. The minimum atomic E-state index is -2.31. The normalized spacial score (nSPS) is 16.9. The molecular formula is C13H15BrF2N2O. The summed E-state index contributed by atoms with van der Waals surface area (Å²) < 4.78 is 25.4. The Balaban J connectivity index is 1.90. The Hall–Kier alpha value is -1.01. The summed E-state index contributed by atoms with van der Waals surface area (Å²) in [5.74, 6) is -0.0378. The number of carbonyl (C=O) groups is 1. The van der Waals surface area contributed by atoms with Gasteiger partial charge >= 0.3 is 0 Å². The third kappa shape index (κ3) is 3.98. The maximum Gasteiger partial charge on any atom is 0.253 e. The standard InChI is InChI=1S/C13H15BrF2N2O/c14-11-3-1-10(2-4-11)13(19)18-7-5-17(6-8-18)9-12(15)16/h1-4,12H,5-9H2. The van der Waals surface area contributed by atoms with Crippen molar-refractivity contribution in [3.05, 3.63) is 34.3 Å². The van der Waals surface area contributed by atoms with E-state index in [0.717, 1.165) is 4.47 Å². The lowest BCUT2D eigenvalue weighted by molar-refractivity contribution is 0.0459. The first-order valence-corrected chi connectivity index (χ1v) is 6.91. The van der Waals surface area contributed by atoms with Crippen LogP contribution >= 0.6 is 15.9 Å². The average Bonchev–Trinajstić information content (AvgIpc) is 2.39. The monoisotopic (exact) mass is 332 g/mol. The van der Waals surface area contributed by atoms with Gasteiger partial charge in [0.25, 0.3) is 12.3 Å². The SMILES string of the molecule is O=C(c1ccc(Br)cc1)N1CCN(CC(F)F)CC1. The van der Waals surface area contributed by atoms with E-state index < -0.39 is 6.43 Å². The summed E-state index contributed by atoms with van der Waals surface area (Å²) in [6.45, 7) is 1.81. The van der Waals surface area contributed by atoms with E-state index in [1.165, 1.54) is 0 Å². The van der Waals surface area contributed by atoms with Crippen LogP contribution in [-0.4, -0.2) is 54.9 Å². The van der Waals surface area contributed by atoms with Gasteiger partial charge in [-0.2, -0.15) is 0 Å². The molecular weight excluding hydrogens is 318 g/mol. The number of nitrogens with zero attached hydrogens (tertiary/aromatic N) is 2. The number of benzene rings is 1. The van der Waals surface area contributed by atoms with Crippen molar-refractivity contribution < 1.29 is 13.6 Å². The second kappa shape index (κ2) is 6.43. The summed E-state index contributed by atoms with van der Waals surface area (Å²) in [5, 5.41) is 0. The van der Waals surface area contributed by atoms with Crippen LogP contribution in [0.2, 0.25) is 0 Å². The Labute approximate surface area is 119 Å². The first kappa shape index (κ1) is 14.4. The van der Waals surface area contributed by atoms with Crippen LogP contribution in [0.15, 0.2) is 28.7 Å². The molecule has 0 radical (unpaired) electrons. The molecule has 0 saturated carbocycles. The predicted molar refractivity (Wildman–Crippen MR) is 72.5 cm³/mol. The summed E-state index contributed by atoms with van der Waals surface area (Å²) >= 11 is 3.32. The molecule has 0 N–H and O–H groups in total. The van der Waals surface area contributed by atoms with Crippen LogP contribution in [0, 0.1) is 0 Å². The molecule has 6 heteroatoms. The molecule has 0 spiro atoms. The lowest BCUT2D eigenvalue weighted by Crippen LogP contribution is -2.49.